The highest BCUT2D eigenvalue weighted by Crippen LogP contribution is 2.19. The van der Waals surface area contributed by atoms with Crippen molar-refractivity contribution >= 4 is 6.03 Å². The van der Waals surface area contributed by atoms with Crippen LogP contribution in [-0.2, 0) is 13.1 Å². The number of likely N-dealkylation sites (tertiary alicyclic amines) is 1. The number of hydrogen-bond donors (Lipinski definition) is 2. The van der Waals surface area contributed by atoms with Gasteiger partial charge in [0.05, 0.1) is 6.20 Å². The molecule has 1 saturated heterocycles. The van der Waals surface area contributed by atoms with Crippen molar-refractivity contribution in [2.75, 3.05) is 19.6 Å². The van der Waals surface area contributed by atoms with Crippen LogP contribution in [0.4, 0.5) is 4.79 Å². The van der Waals surface area contributed by atoms with Crippen LogP contribution in [0.3, 0.4) is 0 Å². The van der Waals surface area contributed by atoms with Gasteiger partial charge in [0.2, 0.25) is 0 Å². The summed E-state index contributed by atoms with van der Waals surface area (Å²) in [5.41, 5.74) is 1.28. The number of urea groups is 1. The summed E-state index contributed by atoms with van der Waals surface area (Å²) in [5, 5.41) is 10.5. The van der Waals surface area contributed by atoms with E-state index in [0.29, 0.717) is 12.0 Å². The van der Waals surface area contributed by atoms with Crippen molar-refractivity contribution in [3.05, 3.63) is 18.0 Å². The molecule has 0 aromatic carbocycles. The van der Waals surface area contributed by atoms with Gasteiger partial charge < -0.3 is 10.6 Å². The molecule has 1 aliphatic carbocycles. The molecular formula is C18H31N5O. The Kier molecular flexibility index (Phi) is 6.12. The summed E-state index contributed by atoms with van der Waals surface area (Å²) < 4.78 is 1.98. The predicted molar refractivity (Wildman–Crippen MR) is 94.7 cm³/mol. The fraction of sp³-hybridized carbons (Fsp3) is 0.778. The van der Waals surface area contributed by atoms with Crippen LogP contribution in [0.5, 0.6) is 0 Å². The van der Waals surface area contributed by atoms with E-state index < -0.39 is 0 Å². The number of amides is 2. The molecule has 1 aromatic rings. The van der Waals surface area contributed by atoms with Crippen molar-refractivity contribution < 1.29 is 4.79 Å². The molecule has 1 aromatic heterocycles. The van der Waals surface area contributed by atoms with Crippen molar-refractivity contribution in [3.8, 4) is 0 Å². The number of piperidine rings is 1. The minimum absolute atomic E-state index is 0.0169. The van der Waals surface area contributed by atoms with E-state index in [1.807, 2.05) is 10.9 Å². The number of aromatic nitrogens is 2. The van der Waals surface area contributed by atoms with Crippen molar-refractivity contribution in [1.82, 2.24) is 25.3 Å². The maximum absolute atomic E-state index is 12.0. The van der Waals surface area contributed by atoms with E-state index in [9.17, 15) is 4.79 Å². The van der Waals surface area contributed by atoms with E-state index in [1.54, 1.807) is 0 Å². The maximum Gasteiger partial charge on any atom is 0.315 e. The smallest absolute Gasteiger partial charge is 0.315 e. The van der Waals surface area contributed by atoms with Crippen LogP contribution in [0.2, 0.25) is 0 Å². The summed E-state index contributed by atoms with van der Waals surface area (Å²) >= 11 is 0. The van der Waals surface area contributed by atoms with Gasteiger partial charge in [-0.25, -0.2) is 4.79 Å². The molecule has 0 radical (unpaired) electrons. The molecule has 3 rings (SSSR count). The van der Waals surface area contributed by atoms with E-state index in [1.165, 1.54) is 31.2 Å². The zero-order chi connectivity index (χ0) is 16.8. The molecule has 1 aliphatic heterocycles. The highest BCUT2D eigenvalue weighted by atomic mass is 16.2. The molecule has 0 spiro atoms. The Labute approximate surface area is 145 Å². The van der Waals surface area contributed by atoms with Gasteiger partial charge in [-0.2, -0.15) is 5.10 Å². The zero-order valence-corrected chi connectivity index (χ0v) is 14.8. The van der Waals surface area contributed by atoms with Crippen LogP contribution in [0.15, 0.2) is 12.4 Å². The molecule has 6 heteroatoms. The molecule has 1 atom stereocenters. The number of hydrogen-bond acceptors (Lipinski definition) is 3. The summed E-state index contributed by atoms with van der Waals surface area (Å²) in [7, 11) is 0. The van der Waals surface area contributed by atoms with Gasteiger partial charge in [-0.05, 0) is 45.1 Å². The van der Waals surface area contributed by atoms with Crippen LogP contribution in [0.1, 0.15) is 51.0 Å². The average molecular weight is 333 g/mol. The number of aryl methyl sites for hydroxylation is 1. The summed E-state index contributed by atoms with van der Waals surface area (Å²) in [6, 6.07) is 0.409. The summed E-state index contributed by atoms with van der Waals surface area (Å²) in [6.07, 6.45) is 11.3. The van der Waals surface area contributed by atoms with Crippen LogP contribution in [0.25, 0.3) is 0 Å². The minimum Gasteiger partial charge on any atom is -0.338 e. The Morgan fingerprint density at radius 1 is 1.29 bits per heavy atom. The monoisotopic (exact) mass is 333 g/mol. The zero-order valence-electron chi connectivity index (χ0n) is 14.8. The number of rotatable bonds is 6. The van der Waals surface area contributed by atoms with Gasteiger partial charge in [-0.15, -0.1) is 0 Å². The van der Waals surface area contributed by atoms with Crippen molar-refractivity contribution in [3.63, 3.8) is 0 Å². The van der Waals surface area contributed by atoms with Gasteiger partial charge in [-0.3, -0.25) is 9.58 Å². The van der Waals surface area contributed by atoms with Gasteiger partial charge in [0.15, 0.2) is 0 Å². The molecule has 24 heavy (non-hydrogen) atoms. The number of carbonyl (C=O) groups excluding carboxylic acids is 1. The third kappa shape index (κ3) is 4.97. The van der Waals surface area contributed by atoms with Crippen LogP contribution >= 0.6 is 0 Å². The van der Waals surface area contributed by atoms with Gasteiger partial charge in [0.1, 0.15) is 0 Å². The highest BCUT2D eigenvalue weighted by molar-refractivity contribution is 5.74. The molecule has 2 aliphatic rings. The maximum atomic E-state index is 12.0. The lowest BCUT2D eigenvalue weighted by Gasteiger charge is -2.32. The Morgan fingerprint density at radius 3 is 2.88 bits per heavy atom. The van der Waals surface area contributed by atoms with Gasteiger partial charge in [0.25, 0.3) is 0 Å². The van der Waals surface area contributed by atoms with E-state index in [2.05, 4.69) is 33.8 Å². The molecule has 2 amide bonds. The van der Waals surface area contributed by atoms with Crippen LogP contribution < -0.4 is 10.6 Å². The van der Waals surface area contributed by atoms with E-state index in [-0.39, 0.29) is 6.03 Å². The molecule has 2 fully saturated rings. The van der Waals surface area contributed by atoms with E-state index in [0.717, 1.165) is 45.6 Å². The molecule has 6 nitrogen and oxygen atoms in total. The SMILES string of the molecule is CCn1cc(CN2CCC[C@@H](CNC(=O)NC3CCCC3)C2)cn1. The fourth-order valence-electron chi connectivity index (χ4n) is 3.92. The predicted octanol–water partition coefficient (Wildman–Crippen LogP) is 2.36. The lowest BCUT2D eigenvalue weighted by Crippen LogP contribution is -2.45. The van der Waals surface area contributed by atoms with Crippen molar-refractivity contribution in [1.29, 1.82) is 0 Å². The second-order valence-electron chi connectivity index (χ2n) is 7.28. The summed E-state index contributed by atoms with van der Waals surface area (Å²) in [5.74, 6) is 0.550. The first-order chi connectivity index (χ1) is 11.7. The Balaban J connectivity index is 1.39. The average Bonchev–Trinajstić information content (AvgIpc) is 3.25. The first-order valence-electron chi connectivity index (χ1n) is 9.51. The molecule has 0 bridgehead atoms. The molecule has 0 unspecified atom stereocenters. The Hall–Kier alpha value is -1.56. The lowest BCUT2D eigenvalue weighted by molar-refractivity contribution is 0.165. The van der Waals surface area contributed by atoms with Gasteiger partial charge in [0, 0.05) is 44.0 Å². The summed E-state index contributed by atoms with van der Waals surface area (Å²) in [4.78, 5) is 14.5. The third-order valence-corrected chi connectivity index (χ3v) is 5.26. The number of nitrogens with zero attached hydrogens (tertiary/aromatic N) is 3. The van der Waals surface area contributed by atoms with Crippen LogP contribution in [0, 0.1) is 5.92 Å². The molecule has 2 N–H and O–H groups in total. The second-order valence-corrected chi connectivity index (χ2v) is 7.28. The van der Waals surface area contributed by atoms with Crippen molar-refractivity contribution in [2.45, 2.75) is 64.6 Å². The number of carbonyl (C=O) groups is 1. The first kappa shape index (κ1) is 17.3. The quantitative estimate of drug-likeness (QED) is 0.840. The van der Waals surface area contributed by atoms with Gasteiger partial charge >= 0.3 is 6.03 Å². The highest BCUT2D eigenvalue weighted by Gasteiger charge is 2.22. The molecule has 1 saturated carbocycles. The van der Waals surface area contributed by atoms with E-state index in [4.69, 9.17) is 0 Å². The second kappa shape index (κ2) is 8.51. The first-order valence-corrected chi connectivity index (χ1v) is 9.51. The van der Waals surface area contributed by atoms with Gasteiger partial charge in [-0.1, -0.05) is 12.8 Å². The normalized spacial score (nSPS) is 22.6. The molecule has 134 valence electrons. The molecule has 2 heterocycles. The lowest BCUT2D eigenvalue weighted by atomic mass is 9.98. The van der Waals surface area contributed by atoms with E-state index >= 15 is 0 Å². The van der Waals surface area contributed by atoms with Crippen LogP contribution in [-0.4, -0.2) is 46.4 Å². The standard InChI is InChI=1S/C18H31N5O/c1-2-23-14-16(11-20-23)13-22-9-5-6-15(12-22)10-19-18(24)21-17-7-3-4-8-17/h11,14-15,17H,2-10,12-13H2,1H3,(H2,19,21,24)/t15-/m0/s1. The van der Waals surface area contributed by atoms with Crippen molar-refractivity contribution in [2.24, 2.45) is 5.92 Å². The summed E-state index contributed by atoms with van der Waals surface area (Å²) in [6.45, 7) is 6.97. The number of nitrogens with one attached hydrogen (secondary N) is 2. The largest absolute Gasteiger partial charge is 0.338 e. The third-order valence-electron chi connectivity index (χ3n) is 5.26. The topological polar surface area (TPSA) is 62.2 Å². The fourth-order valence-corrected chi connectivity index (χ4v) is 3.92. The Morgan fingerprint density at radius 2 is 2.12 bits per heavy atom. The minimum atomic E-state index is 0.0169. The molecular weight excluding hydrogens is 302 g/mol. The Bertz CT molecular complexity index is 523.